The highest BCUT2D eigenvalue weighted by molar-refractivity contribution is 6.00. The van der Waals surface area contributed by atoms with Gasteiger partial charge in [0, 0.05) is 25.8 Å². The molecule has 1 aromatic carbocycles. The van der Waals surface area contributed by atoms with Crippen LogP contribution in [0.1, 0.15) is 152 Å². The van der Waals surface area contributed by atoms with Gasteiger partial charge < -0.3 is 109 Å². The highest BCUT2D eigenvalue weighted by Gasteiger charge is 2.37. The minimum atomic E-state index is -1.77. The molecule has 100 heavy (non-hydrogen) atoms. The normalized spacial score (nSPS) is 15.0. The minimum Gasteiger partial charge on any atom is -0.394 e. The predicted molar refractivity (Wildman–Crippen MR) is 368 cm³/mol. The van der Waals surface area contributed by atoms with Crippen LogP contribution in [0.5, 0.6) is 0 Å². The van der Waals surface area contributed by atoms with Gasteiger partial charge in [-0.25, -0.2) is 0 Å². The number of aliphatic imine (C=N–C) groups is 1. The molecule has 15 amide bonds. The molecule has 1 rings (SSSR count). The fourth-order valence-corrected chi connectivity index (χ4v) is 9.70. The number of aliphatic hydroxyl groups is 1. The van der Waals surface area contributed by atoms with Crippen molar-refractivity contribution in [3.8, 4) is 0 Å². The second-order valence-corrected chi connectivity index (χ2v) is 25.9. The van der Waals surface area contributed by atoms with Gasteiger partial charge in [0.05, 0.1) is 12.6 Å². The van der Waals surface area contributed by atoms with E-state index in [0.29, 0.717) is 12.0 Å². The molecular weight excluding hydrogens is 1300 g/mol. The zero-order valence-corrected chi connectivity index (χ0v) is 59.0. The number of primary amides is 3. The Morgan fingerprint density at radius 2 is 0.710 bits per heavy atom. The molecule has 0 spiro atoms. The predicted octanol–water partition coefficient (Wildman–Crippen LogP) is -6.22. The van der Waals surface area contributed by atoms with E-state index in [0.717, 1.165) is 0 Å². The van der Waals surface area contributed by atoms with Crippen molar-refractivity contribution in [2.24, 2.45) is 62.9 Å². The number of hydrogen-bond acceptors (Lipinski definition) is 19. The van der Waals surface area contributed by atoms with E-state index in [2.05, 4.69) is 68.8 Å². The Bertz CT molecular complexity index is 2950. The van der Waals surface area contributed by atoms with Gasteiger partial charge in [0.1, 0.15) is 72.5 Å². The molecule has 0 radical (unpaired) electrons. The Morgan fingerprint density at radius 3 is 1.10 bits per heavy atom. The number of nitrogens with one attached hydrogen (secondary N) is 12. The standard InChI is InChI=1S/C64H110N20O16/c1-32(2)27-40(66)55(92)77-42(20-16-26-72-64(70)71)56(93)79-44(22-24-50(68)87)59(96)83-47(30-39-17-12-11-13-18-39)62(99)81-46(29-34(5)6)61(98)80-43(21-23-49(67)86)58(95)78-41(19-14-15-25-65)57(94)84-48(31-85)63(100)82-45(28-33(3)4)60(97)76-38(10)54(91)75-37(9)53(90)74-36(8)52(89)73-35(7)51(69)88/h11-13,17-18,32-38,40-48,85H,14-16,19-31,65-66H2,1-10H3,(H2,67,86)(H2,68,87)(H2,69,88)(H,73,89)(H,74,90)(H,75,91)(H,76,97)(H,77,92)(H,78,95)(H,79,93)(H,80,98)(H,81,99)(H,82,100)(H,83,96)(H,84,94)(H4,70,71,72)/t35-,36-,37-,38-,40-,41-,42-,43-,44-,45-,46-,47+,48-/m0/s1. The quantitative estimate of drug-likeness (QED) is 0.0164. The lowest BCUT2D eigenvalue weighted by Crippen LogP contribution is -2.61. The van der Waals surface area contributed by atoms with E-state index in [4.69, 9.17) is 40.1 Å². The van der Waals surface area contributed by atoms with Crippen LogP contribution in [-0.2, 0) is 78.3 Å². The Balaban J connectivity index is 3.58. The maximum absolute atomic E-state index is 14.7. The number of rotatable bonds is 48. The topological polar surface area (TPSA) is 615 Å². The van der Waals surface area contributed by atoms with E-state index < -0.39 is 193 Å². The van der Waals surface area contributed by atoms with Crippen molar-refractivity contribution in [3.63, 3.8) is 0 Å². The van der Waals surface area contributed by atoms with Gasteiger partial charge in [-0.15, -0.1) is 0 Å². The summed E-state index contributed by atoms with van der Waals surface area (Å²) in [7, 11) is 0. The number of nitrogens with two attached hydrogens (primary N) is 7. The molecule has 0 fully saturated rings. The largest absolute Gasteiger partial charge is 0.394 e. The number of benzene rings is 1. The lowest BCUT2D eigenvalue weighted by Gasteiger charge is -2.29. The van der Waals surface area contributed by atoms with Crippen LogP contribution in [0.2, 0.25) is 0 Å². The van der Waals surface area contributed by atoms with Gasteiger partial charge in [0.15, 0.2) is 5.96 Å². The van der Waals surface area contributed by atoms with Gasteiger partial charge in [0.25, 0.3) is 0 Å². The van der Waals surface area contributed by atoms with Crippen LogP contribution in [0.4, 0.5) is 0 Å². The molecule has 0 aliphatic rings. The molecule has 0 aliphatic heterocycles. The van der Waals surface area contributed by atoms with Crippen molar-refractivity contribution in [2.75, 3.05) is 19.7 Å². The fraction of sp³-hybridized carbons (Fsp3) is 0.656. The van der Waals surface area contributed by atoms with Crippen LogP contribution in [-0.4, -0.2) is 198 Å². The summed E-state index contributed by atoms with van der Waals surface area (Å²) in [6, 6.07) is -9.53. The molecule has 0 saturated carbocycles. The summed E-state index contributed by atoms with van der Waals surface area (Å²) in [6.45, 7) is 15.0. The fourth-order valence-electron chi connectivity index (χ4n) is 9.70. The van der Waals surface area contributed by atoms with E-state index in [-0.39, 0.29) is 94.6 Å². The number of guanidine groups is 1. The van der Waals surface area contributed by atoms with Crippen LogP contribution in [0, 0.1) is 17.8 Å². The maximum atomic E-state index is 14.7. The molecule has 0 unspecified atom stereocenters. The molecule has 36 nitrogen and oxygen atoms in total. The van der Waals surface area contributed by atoms with E-state index >= 15 is 0 Å². The first-order valence-corrected chi connectivity index (χ1v) is 33.5. The first-order chi connectivity index (χ1) is 46.8. The van der Waals surface area contributed by atoms with E-state index in [1.54, 1.807) is 58.0 Å². The average molecular weight is 1420 g/mol. The van der Waals surface area contributed by atoms with Crippen LogP contribution >= 0.6 is 0 Å². The lowest BCUT2D eigenvalue weighted by atomic mass is 9.99. The summed E-state index contributed by atoms with van der Waals surface area (Å²) in [4.78, 5) is 205. The Labute approximate surface area is 583 Å². The van der Waals surface area contributed by atoms with Gasteiger partial charge in [-0.1, -0.05) is 71.9 Å². The number of amides is 15. The van der Waals surface area contributed by atoms with Gasteiger partial charge in [-0.3, -0.25) is 76.9 Å². The Kier molecular flexibility index (Phi) is 40.6. The molecular formula is C64H110N20O16. The number of hydrogen-bond donors (Lipinski definition) is 20. The molecule has 562 valence electrons. The minimum absolute atomic E-state index is 0.0134. The van der Waals surface area contributed by atoms with Crippen molar-refractivity contribution in [2.45, 2.75) is 231 Å². The van der Waals surface area contributed by atoms with Crippen molar-refractivity contribution < 1.29 is 77.0 Å². The second-order valence-electron chi connectivity index (χ2n) is 25.9. The zero-order valence-electron chi connectivity index (χ0n) is 59.0. The van der Waals surface area contributed by atoms with E-state index in [1.165, 1.54) is 27.7 Å². The molecule has 0 heterocycles. The summed E-state index contributed by atoms with van der Waals surface area (Å²) in [5.41, 5.74) is 39.6. The molecule has 36 heteroatoms. The third-order valence-corrected chi connectivity index (χ3v) is 15.3. The number of nitrogens with zero attached hydrogens (tertiary/aromatic N) is 1. The van der Waals surface area contributed by atoms with Crippen molar-refractivity contribution >= 4 is 94.6 Å². The molecule has 27 N–H and O–H groups in total. The highest BCUT2D eigenvalue weighted by Crippen LogP contribution is 2.14. The van der Waals surface area contributed by atoms with Crippen molar-refractivity contribution in [1.29, 1.82) is 0 Å². The monoisotopic (exact) mass is 1410 g/mol. The van der Waals surface area contributed by atoms with Gasteiger partial charge in [-0.05, 0) is 122 Å². The Morgan fingerprint density at radius 1 is 0.380 bits per heavy atom. The maximum Gasteiger partial charge on any atom is 0.245 e. The SMILES string of the molecule is CC(C)C[C@H](NC(=O)[C@H](CO)NC(=O)[C@H](CCCCN)NC(=O)[C@H](CCC(N)=O)NC(=O)[C@H](CC(C)C)NC(=O)[C@@H](Cc1ccccc1)NC(=O)[C@H](CCC(N)=O)NC(=O)[C@H](CCCN=C(N)N)NC(=O)[C@@H](N)CC(C)C)C(=O)N[C@@H](C)C(=O)N[C@@H](C)C(=O)N[C@@H](C)C(=O)N[C@@H](C)C(N)=O. The highest BCUT2D eigenvalue weighted by atomic mass is 16.3. The summed E-state index contributed by atoms with van der Waals surface area (Å²) in [5, 5.41) is 40.5. The van der Waals surface area contributed by atoms with Crippen molar-refractivity contribution in [3.05, 3.63) is 35.9 Å². The lowest BCUT2D eigenvalue weighted by molar-refractivity contribution is -0.137. The molecule has 0 saturated heterocycles. The number of aliphatic hydroxyl groups excluding tert-OH is 1. The molecule has 13 atom stereocenters. The second kappa shape index (κ2) is 45.9. The summed E-state index contributed by atoms with van der Waals surface area (Å²) >= 11 is 0. The third-order valence-electron chi connectivity index (χ3n) is 15.3. The average Bonchev–Trinajstić information content (AvgIpc) is 0.859. The zero-order chi connectivity index (χ0) is 76.1. The van der Waals surface area contributed by atoms with E-state index in [1.807, 2.05) is 13.8 Å². The molecule has 0 aromatic heterocycles. The van der Waals surface area contributed by atoms with Crippen LogP contribution in [0.15, 0.2) is 35.3 Å². The first kappa shape index (κ1) is 88.4. The van der Waals surface area contributed by atoms with Crippen LogP contribution in [0.25, 0.3) is 0 Å². The Hall–Kier alpha value is -9.58. The summed E-state index contributed by atoms with van der Waals surface area (Å²) < 4.78 is 0. The number of carbonyl (C=O) groups is 15. The molecule has 0 bridgehead atoms. The van der Waals surface area contributed by atoms with Gasteiger partial charge in [-0.2, -0.15) is 0 Å². The number of unbranched alkanes of at least 4 members (excludes halogenated alkanes) is 1. The molecule has 0 aliphatic carbocycles. The van der Waals surface area contributed by atoms with Gasteiger partial charge in [0.2, 0.25) is 88.6 Å². The first-order valence-electron chi connectivity index (χ1n) is 33.5. The molecule has 1 aromatic rings. The number of carbonyl (C=O) groups excluding carboxylic acids is 15. The van der Waals surface area contributed by atoms with Gasteiger partial charge >= 0.3 is 0 Å². The van der Waals surface area contributed by atoms with Crippen LogP contribution in [0.3, 0.4) is 0 Å². The third kappa shape index (κ3) is 35.3. The van der Waals surface area contributed by atoms with Crippen molar-refractivity contribution in [1.82, 2.24) is 63.8 Å². The van der Waals surface area contributed by atoms with Crippen LogP contribution < -0.4 is 104 Å². The summed E-state index contributed by atoms with van der Waals surface area (Å²) in [5.74, 6) is -14.1. The van der Waals surface area contributed by atoms with E-state index in [9.17, 15) is 77.0 Å². The summed E-state index contributed by atoms with van der Waals surface area (Å²) in [6.07, 6.45) is -1.23. The smallest absolute Gasteiger partial charge is 0.245 e.